The van der Waals surface area contributed by atoms with E-state index in [1.807, 2.05) is 6.92 Å². The molecule has 3 aromatic rings. The van der Waals surface area contributed by atoms with Gasteiger partial charge < -0.3 is 16.2 Å². The maximum Gasteiger partial charge on any atom is 0.295 e. The van der Waals surface area contributed by atoms with E-state index in [0.717, 1.165) is 5.56 Å². The molecule has 0 spiro atoms. The summed E-state index contributed by atoms with van der Waals surface area (Å²) < 4.78 is 32.5. The summed E-state index contributed by atoms with van der Waals surface area (Å²) in [5.41, 5.74) is 7.38. The first kappa shape index (κ1) is 17.7. The van der Waals surface area contributed by atoms with Crippen molar-refractivity contribution < 1.29 is 22.9 Å². The quantitative estimate of drug-likeness (QED) is 0.413. The number of phenols is 1. The second kappa shape index (κ2) is 6.32. The van der Waals surface area contributed by atoms with E-state index in [-0.39, 0.29) is 38.4 Å². The monoisotopic (exact) mass is 372 g/mol. The fourth-order valence-corrected chi connectivity index (χ4v) is 3.40. The molecule has 0 saturated heterocycles. The minimum Gasteiger partial charge on any atom is -0.507 e. The van der Waals surface area contributed by atoms with Crippen LogP contribution in [0.15, 0.2) is 53.4 Å². The molecule has 26 heavy (non-hydrogen) atoms. The molecule has 0 fully saturated rings. The van der Waals surface area contributed by atoms with Gasteiger partial charge in [0.15, 0.2) is 0 Å². The Bertz CT molecular complexity index is 1140. The zero-order valence-corrected chi connectivity index (χ0v) is 14.5. The first-order valence-electron chi connectivity index (χ1n) is 7.57. The van der Waals surface area contributed by atoms with Crippen LogP contribution < -0.4 is 11.1 Å². The number of fused-ring (bicyclic) bond motifs is 1. The summed E-state index contributed by atoms with van der Waals surface area (Å²) in [7, 11) is -4.50. The summed E-state index contributed by atoms with van der Waals surface area (Å²) in [6.07, 6.45) is 0. The number of amides is 1. The van der Waals surface area contributed by atoms with Crippen LogP contribution >= 0.6 is 0 Å². The van der Waals surface area contributed by atoms with Crippen LogP contribution in [0.4, 0.5) is 11.4 Å². The first-order valence-corrected chi connectivity index (χ1v) is 9.01. The number of phenolic OH excluding ortho intramolecular Hbond substituents is 1. The van der Waals surface area contributed by atoms with E-state index in [2.05, 4.69) is 5.32 Å². The van der Waals surface area contributed by atoms with Gasteiger partial charge in [-0.2, -0.15) is 8.42 Å². The molecule has 3 rings (SSSR count). The van der Waals surface area contributed by atoms with Gasteiger partial charge in [0.1, 0.15) is 10.6 Å². The molecule has 134 valence electrons. The molecule has 0 atom stereocenters. The normalized spacial score (nSPS) is 11.5. The van der Waals surface area contributed by atoms with Crippen molar-refractivity contribution in [3.05, 3.63) is 59.7 Å². The number of hydrogen-bond acceptors (Lipinski definition) is 5. The highest BCUT2D eigenvalue weighted by atomic mass is 32.2. The summed E-state index contributed by atoms with van der Waals surface area (Å²) >= 11 is 0. The van der Waals surface area contributed by atoms with Crippen LogP contribution in [0.25, 0.3) is 10.8 Å². The van der Waals surface area contributed by atoms with Crippen LogP contribution in [-0.2, 0) is 10.1 Å². The molecule has 0 unspecified atom stereocenters. The van der Waals surface area contributed by atoms with Crippen molar-refractivity contribution in [1.82, 2.24) is 0 Å². The Kier molecular flexibility index (Phi) is 4.31. The fraction of sp³-hybridized carbons (Fsp3) is 0.0556. The van der Waals surface area contributed by atoms with E-state index in [1.165, 1.54) is 30.3 Å². The lowest BCUT2D eigenvalue weighted by molar-refractivity contribution is 0.102. The van der Waals surface area contributed by atoms with Crippen molar-refractivity contribution in [3.63, 3.8) is 0 Å². The molecule has 0 aliphatic heterocycles. The third kappa shape index (κ3) is 3.32. The van der Waals surface area contributed by atoms with Crippen LogP contribution in [0.2, 0.25) is 0 Å². The van der Waals surface area contributed by atoms with Gasteiger partial charge in [0.25, 0.3) is 16.0 Å². The standard InChI is InChI=1S/C18H16N2O5S/c1-10-5-6-15(19)14(7-10)18(22)20-11-8-13-12(16(21)9-11)3-2-4-17(13)26(23,24)25/h2-9,21H,19H2,1H3,(H,20,22)(H,23,24,25). The van der Waals surface area contributed by atoms with Crippen molar-refractivity contribution in [2.75, 3.05) is 11.1 Å². The molecule has 3 aromatic carbocycles. The molecule has 0 saturated carbocycles. The van der Waals surface area contributed by atoms with Gasteiger partial charge in [0, 0.05) is 28.2 Å². The number of anilines is 2. The summed E-state index contributed by atoms with van der Waals surface area (Å²) in [5, 5.41) is 13.1. The number of carbonyl (C=O) groups excluding carboxylic acids is 1. The molecule has 5 N–H and O–H groups in total. The van der Waals surface area contributed by atoms with Gasteiger partial charge in [-0.3, -0.25) is 9.35 Å². The second-order valence-corrected chi connectivity index (χ2v) is 7.26. The molecule has 0 aliphatic carbocycles. The zero-order chi connectivity index (χ0) is 19.1. The van der Waals surface area contributed by atoms with E-state index < -0.39 is 16.0 Å². The van der Waals surface area contributed by atoms with E-state index >= 15 is 0 Å². The first-order chi connectivity index (χ1) is 12.2. The van der Waals surface area contributed by atoms with Crippen LogP contribution in [0, 0.1) is 6.92 Å². The van der Waals surface area contributed by atoms with Crippen LogP contribution in [-0.4, -0.2) is 24.0 Å². The molecular weight excluding hydrogens is 356 g/mol. The Morgan fingerprint density at radius 3 is 2.50 bits per heavy atom. The second-order valence-electron chi connectivity index (χ2n) is 5.87. The number of hydrogen-bond donors (Lipinski definition) is 4. The van der Waals surface area contributed by atoms with E-state index in [0.29, 0.717) is 0 Å². The molecule has 1 amide bonds. The molecule has 0 heterocycles. The molecule has 7 nitrogen and oxygen atoms in total. The average Bonchev–Trinajstić information content (AvgIpc) is 2.55. The van der Waals surface area contributed by atoms with Crippen molar-refractivity contribution in [2.24, 2.45) is 0 Å². The van der Waals surface area contributed by atoms with Crippen molar-refractivity contribution in [1.29, 1.82) is 0 Å². The third-order valence-corrected chi connectivity index (χ3v) is 4.84. The molecular formula is C18H16N2O5S. The van der Waals surface area contributed by atoms with Gasteiger partial charge in [0.2, 0.25) is 0 Å². The number of aromatic hydroxyl groups is 1. The molecule has 8 heteroatoms. The van der Waals surface area contributed by atoms with Crippen LogP contribution in [0.3, 0.4) is 0 Å². The van der Waals surface area contributed by atoms with Crippen LogP contribution in [0.5, 0.6) is 5.75 Å². The summed E-state index contributed by atoms with van der Waals surface area (Å²) in [6, 6.07) is 11.8. The Hall–Kier alpha value is -3.10. The minimum atomic E-state index is -4.50. The number of nitrogens with two attached hydrogens (primary N) is 1. The number of rotatable bonds is 3. The molecule has 0 bridgehead atoms. The number of aryl methyl sites for hydroxylation is 1. The van der Waals surface area contributed by atoms with Crippen LogP contribution in [0.1, 0.15) is 15.9 Å². The summed E-state index contributed by atoms with van der Waals surface area (Å²) in [4.78, 5) is 12.1. The largest absolute Gasteiger partial charge is 0.507 e. The Labute approximate surface area is 149 Å². The molecule has 0 radical (unpaired) electrons. The molecule has 0 aromatic heterocycles. The lowest BCUT2D eigenvalue weighted by Gasteiger charge is -2.11. The fourth-order valence-electron chi connectivity index (χ4n) is 2.70. The van der Waals surface area contributed by atoms with Gasteiger partial charge >= 0.3 is 0 Å². The molecule has 0 aliphatic rings. The SMILES string of the molecule is Cc1ccc(N)c(C(=O)Nc2cc(O)c3cccc(S(=O)(=O)O)c3c2)c1. The third-order valence-electron chi connectivity index (χ3n) is 3.92. The van der Waals surface area contributed by atoms with Gasteiger partial charge in [-0.25, -0.2) is 0 Å². The highest BCUT2D eigenvalue weighted by Crippen LogP contribution is 2.33. The van der Waals surface area contributed by atoms with Gasteiger partial charge in [-0.1, -0.05) is 23.8 Å². The zero-order valence-electron chi connectivity index (χ0n) is 13.7. The average molecular weight is 372 g/mol. The Morgan fingerprint density at radius 2 is 1.81 bits per heavy atom. The topological polar surface area (TPSA) is 130 Å². The van der Waals surface area contributed by atoms with Gasteiger partial charge in [-0.15, -0.1) is 0 Å². The smallest absolute Gasteiger partial charge is 0.295 e. The van der Waals surface area contributed by atoms with E-state index in [9.17, 15) is 22.9 Å². The predicted molar refractivity (Wildman–Crippen MR) is 99.0 cm³/mol. The number of carbonyl (C=O) groups is 1. The maximum atomic E-state index is 12.5. The number of benzene rings is 3. The Morgan fingerprint density at radius 1 is 1.08 bits per heavy atom. The van der Waals surface area contributed by atoms with Gasteiger partial charge in [0.05, 0.1) is 5.56 Å². The lowest BCUT2D eigenvalue weighted by atomic mass is 10.1. The summed E-state index contributed by atoms with van der Waals surface area (Å²) in [6.45, 7) is 1.82. The minimum absolute atomic E-state index is 0.0857. The van der Waals surface area contributed by atoms with Crippen molar-refractivity contribution in [3.8, 4) is 5.75 Å². The Balaban J connectivity index is 2.09. The lowest BCUT2D eigenvalue weighted by Crippen LogP contribution is -2.14. The van der Waals surface area contributed by atoms with Gasteiger partial charge in [-0.05, 0) is 31.2 Å². The van der Waals surface area contributed by atoms with Crippen molar-refractivity contribution >= 4 is 38.2 Å². The summed E-state index contributed by atoms with van der Waals surface area (Å²) in [5.74, 6) is -0.741. The maximum absolute atomic E-state index is 12.5. The van der Waals surface area contributed by atoms with E-state index in [4.69, 9.17) is 5.73 Å². The highest BCUT2D eigenvalue weighted by molar-refractivity contribution is 7.86. The predicted octanol–water partition coefficient (Wildman–Crippen LogP) is 2.94. The number of nitrogen functional groups attached to an aromatic ring is 1. The van der Waals surface area contributed by atoms with E-state index in [1.54, 1.807) is 18.2 Å². The highest BCUT2D eigenvalue weighted by Gasteiger charge is 2.17. The van der Waals surface area contributed by atoms with Crippen molar-refractivity contribution in [2.45, 2.75) is 11.8 Å². The number of nitrogens with one attached hydrogen (secondary N) is 1.